The Hall–Kier alpha value is -1.48. The molecule has 0 spiro atoms. The molecule has 0 bridgehead atoms. The maximum atomic E-state index is 11.8. The summed E-state index contributed by atoms with van der Waals surface area (Å²) in [6.07, 6.45) is 0. The molecule has 0 aliphatic rings. The Balaban J connectivity index is 1.86. The first-order valence-electron chi connectivity index (χ1n) is 5.67. The Morgan fingerprint density at radius 2 is 2.30 bits per heavy atom. The van der Waals surface area contributed by atoms with Crippen LogP contribution in [0.3, 0.4) is 0 Å². The van der Waals surface area contributed by atoms with E-state index in [1.807, 2.05) is 12.1 Å². The molecule has 2 N–H and O–H groups in total. The molecule has 0 fully saturated rings. The molecule has 2 rings (SSSR count). The predicted molar refractivity (Wildman–Crippen MR) is 78.1 cm³/mol. The second-order valence-corrected chi connectivity index (χ2v) is 5.69. The molecule has 1 heterocycles. The van der Waals surface area contributed by atoms with Crippen LogP contribution in [0.15, 0.2) is 27.1 Å². The first-order chi connectivity index (χ1) is 9.56. The Bertz CT molecular complexity index is 591. The summed E-state index contributed by atoms with van der Waals surface area (Å²) in [5.74, 6) is 0.746. The number of nitrogens with zero attached hydrogens (tertiary/aromatic N) is 3. The Kier molecular flexibility index (Phi) is 5.07. The van der Waals surface area contributed by atoms with Gasteiger partial charge in [-0.1, -0.05) is 21.1 Å². The van der Waals surface area contributed by atoms with E-state index in [0.29, 0.717) is 11.6 Å². The number of hydrogen-bond donors (Lipinski definition) is 2. The van der Waals surface area contributed by atoms with Crippen LogP contribution in [-0.2, 0) is 4.79 Å². The van der Waals surface area contributed by atoms with E-state index in [9.17, 15) is 4.79 Å². The molecule has 1 amide bonds. The number of carbonyl (C=O) groups is 1. The Morgan fingerprint density at radius 1 is 1.50 bits per heavy atom. The fraction of sp³-hybridized carbons (Fsp3) is 0.273. The zero-order chi connectivity index (χ0) is 14.5. The molecule has 1 aromatic carbocycles. The molecular formula is C11H11Br2N5O2. The monoisotopic (exact) mass is 403 g/mol. The molecule has 0 aliphatic carbocycles. The highest BCUT2D eigenvalue weighted by molar-refractivity contribution is 9.11. The van der Waals surface area contributed by atoms with Crippen molar-refractivity contribution in [2.24, 2.45) is 0 Å². The number of benzene rings is 1. The lowest BCUT2D eigenvalue weighted by molar-refractivity contribution is -0.123. The van der Waals surface area contributed by atoms with E-state index in [2.05, 4.69) is 57.8 Å². The number of aromatic amines is 1. The van der Waals surface area contributed by atoms with Crippen molar-refractivity contribution < 1.29 is 9.53 Å². The number of rotatable bonds is 5. The van der Waals surface area contributed by atoms with Gasteiger partial charge >= 0.3 is 0 Å². The van der Waals surface area contributed by atoms with Crippen molar-refractivity contribution in [1.82, 2.24) is 25.9 Å². The summed E-state index contributed by atoms with van der Waals surface area (Å²) in [4.78, 5) is 11.8. The van der Waals surface area contributed by atoms with Crippen molar-refractivity contribution in [1.29, 1.82) is 0 Å². The van der Waals surface area contributed by atoms with Gasteiger partial charge < -0.3 is 10.1 Å². The number of amides is 1. The van der Waals surface area contributed by atoms with Gasteiger partial charge in [-0.25, -0.2) is 0 Å². The van der Waals surface area contributed by atoms with E-state index in [1.54, 1.807) is 13.0 Å². The third kappa shape index (κ3) is 4.01. The smallest absolute Gasteiger partial charge is 0.258 e. The number of tetrazole rings is 1. The second-order valence-electron chi connectivity index (χ2n) is 3.92. The summed E-state index contributed by atoms with van der Waals surface area (Å²) >= 11 is 6.70. The molecule has 0 aliphatic heterocycles. The third-order valence-corrected chi connectivity index (χ3v) is 3.49. The van der Waals surface area contributed by atoms with Gasteiger partial charge in [-0.2, -0.15) is 5.21 Å². The summed E-state index contributed by atoms with van der Waals surface area (Å²) in [7, 11) is 0. The van der Waals surface area contributed by atoms with Crippen LogP contribution in [0.5, 0.6) is 5.75 Å². The van der Waals surface area contributed by atoms with E-state index in [4.69, 9.17) is 4.74 Å². The standard InChI is InChI=1S/C11H11Br2N5O2/c1-6(11-15-17-18-16-11)14-10(19)5-20-9-3-2-7(12)4-8(9)13/h2-4,6H,5H2,1H3,(H,14,19)(H,15,16,17,18). The van der Waals surface area contributed by atoms with Crippen LogP contribution in [0.2, 0.25) is 0 Å². The minimum absolute atomic E-state index is 0.0948. The molecular weight excluding hydrogens is 394 g/mol. The lowest BCUT2D eigenvalue weighted by atomic mass is 10.3. The van der Waals surface area contributed by atoms with Gasteiger partial charge in [0.1, 0.15) is 5.75 Å². The minimum atomic E-state index is -0.335. The van der Waals surface area contributed by atoms with Crippen LogP contribution in [-0.4, -0.2) is 33.1 Å². The van der Waals surface area contributed by atoms with E-state index in [0.717, 1.165) is 8.95 Å². The number of aromatic nitrogens is 4. The number of hydrogen-bond acceptors (Lipinski definition) is 5. The second kappa shape index (κ2) is 6.80. The first-order valence-corrected chi connectivity index (χ1v) is 7.25. The van der Waals surface area contributed by atoms with Crippen LogP contribution < -0.4 is 10.1 Å². The van der Waals surface area contributed by atoms with Crippen LogP contribution in [0.4, 0.5) is 0 Å². The maximum absolute atomic E-state index is 11.8. The minimum Gasteiger partial charge on any atom is -0.483 e. The van der Waals surface area contributed by atoms with Crippen molar-refractivity contribution in [3.8, 4) is 5.75 Å². The lowest BCUT2D eigenvalue weighted by Crippen LogP contribution is -2.31. The quantitative estimate of drug-likeness (QED) is 0.794. The van der Waals surface area contributed by atoms with Gasteiger partial charge in [-0.05, 0) is 41.1 Å². The predicted octanol–water partition coefficient (Wildman–Crippen LogP) is 1.98. The SMILES string of the molecule is CC(NC(=O)COc1ccc(Br)cc1Br)c1nn[nH]n1. The maximum Gasteiger partial charge on any atom is 0.258 e. The Labute approximate surface area is 131 Å². The molecule has 1 unspecified atom stereocenters. The molecule has 0 saturated heterocycles. The highest BCUT2D eigenvalue weighted by Gasteiger charge is 2.14. The van der Waals surface area contributed by atoms with E-state index in [-0.39, 0.29) is 18.6 Å². The molecule has 2 aromatic rings. The van der Waals surface area contributed by atoms with Crippen molar-refractivity contribution in [2.75, 3.05) is 6.61 Å². The van der Waals surface area contributed by atoms with Crippen molar-refractivity contribution in [3.05, 3.63) is 33.0 Å². The average Bonchev–Trinajstić information content (AvgIpc) is 2.91. The molecule has 9 heteroatoms. The zero-order valence-corrected chi connectivity index (χ0v) is 13.6. The Morgan fingerprint density at radius 3 is 2.95 bits per heavy atom. The summed E-state index contributed by atoms with van der Waals surface area (Å²) in [6.45, 7) is 1.67. The van der Waals surface area contributed by atoms with Gasteiger partial charge in [0.15, 0.2) is 12.4 Å². The summed E-state index contributed by atoms with van der Waals surface area (Å²) < 4.78 is 7.12. The van der Waals surface area contributed by atoms with Crippen molar-refractivity contribution in [3.63, 3.8) is 0 Å². The number of nitrogens with one attached hydrogen (secondary N) is 2. The van der Waals surface area contributed by atoms with Crippen LogP contribution >= 0.6 is 31.9 Å². The number of carbonyl (C=O) groups excluding carboxylic acids is 1. The van der Waals surface area contributed by atoms with Gasteiger partial charge in [0.2, 0.25) is 0 Å². The molecule has 1 atom stereocenters. The van der Waals surface area contributed by atoms with Gasteiger partial charge in [0.25, 0.3) is 5.91 Å². The number of ether oxygens (including phenoxy) is 1. The molecule has 106 valence electrons. The van der Waals surface area contributed by atoms with Crippen LogP contribution in [0.25, 0.3) is 0 Å². The molecule has 0 radical (unpaired) electrons. The first kappa shape index (κ1) is 14.9. The van der Waals surface area contributed by atoms with Gasteiger partial charge in [0.05, 0.1) is 10.5 Å². The third-order valence-electron chi connectivity index (χ3n) is 2.38. The molecule has 7 nitrogen and oxygen atoms in total. The summed E-state index contributed by atoms with van der Waals surface area (Å²) in [5, 5.41) is 16.1. The normalized spacial score (nSPS) is 11.9. The highest BCUT2D eigenvalue weighted by atomic mass is 79.9. The van der Waals surface area contributed by atoms with E-state index >= 15 is 0 Å². The van der Waals surface area contributed by atoms with Gasteiger partial charge in [-0.15, -0.1) is 10.2 Å². The fourth-order valence-corrected chi connectivity index (χ4v) is 2.60. The summed E-state index contributed by atoms with van der Waals surface area (Å²) in [6, 6.07) is 5.11. The van der Waals surface area contributed by atoms with Gasteiger partial charge in [-0.3, -0.25) is 4.79 Å². The van der Waals surface area contributed by atoms with E-state index in [1.165, 1.54) is 0 Å². The van der Waals surface area contributed by atoms with E-state index < -0.39 is 0 Å². The van der Waals surface area contributed by atoms with Crippen molar-refractivity contribution in [2.45, 2.75) is 13.0 Å². The lowest BCUT2D eigenvalue weighted by Gasteiger charge is -2.11. The molecule has 1 aromatic heterocycles. The molecule has 20 heavy (non-hydrogen) atoms. The van der Waals surface area contributed by atoms with Crippen molar-refractivity contribution >= 4 is 37.8 Å². The fourth-order valence-electron chi connectivity index (χ4n) is 1.44. The number of H-pyrrole nitrogens is 1. The van der Waals surface area contributed by atoms with Crippen LogP contribution in [0.1, 0.15) is 18.8 Å². The highest BCUT2D eigenvalue weighted by Crippen LogP contribution is 2.28. The zero-order valence-electron chi connectivity index (χ0n) is 10.4. The summed E-state index contributed by atoms with van der Waals surface area (Å²) in [5.41, 5.74) is 0. The molecule has 0 saturated carbocycles. The largest absolute Gasteiger partial charge is 0.483 e. The average molecular weight is 405 g/mol. The number of halogens is 2. The topological polar surface area (TPSA) is 92.8 Å². The van der Waals surface area contributed by atoms with Crippen LogP contribution in [0, 0.1) is 0 Å². The van der Waals surface area contributed by atoms with Gasteiger partial charge in [0, 0.05) is 4.47 Å².